The topological polar surface area (TPSA) is 85.3 Å². The maximum absolute atomic E-state index is 14.3. The molecule has 2 N–H and O–H groups in total. The average Bonchev–Trinajstić information content (AvgIpc) is 2.52. The van der Waals surface area contributed by atoms with Crippen LogP contribution >= 0.6 is 38.5 Å². The first-order valence-corrected chi connectivity index (χ1v) is 8.79. The number of esters is 1. The summed E-state index contributed by atoms with van der Waals surface area (Å²) < 4.78 is 25.3. The van der Waals surface area contributed by atoms with Crippen molar-refractivity contribution in [3.63, 3.8) is 0 Å². The minimum Gasteiger partial charge on any atom is -0.463 e. The van der Waals surface area contributed by atoms with Crippen LogP contribution in [0.3, 0.4) is 0 Å². The van der Waals surface area contributed by atoms with Crippen LogP contribution in [0.4, 0.5) is 4.39 Å². The lowest BCUT2D eigenvalue weighted by Crippen LogP contribution is -2.26. The summed E-state index contributed by atoms with van der Waals surface area (Å²) in [5.41, 5.74) is 6.36. The Morgan fingerprint density at radius 3 is 2.83 bits per heavy atom. The minimum absolute atomic E-state index is 0.0324. The van der Waals surface area contributed by atoms with Crippen molar-refractivity contribution >= 4 is 44.5 Å². The standard InChI is InChI=1S/C16H13BrFIN2O3/c1-3-23-16(22)11-7(2)24-15(21)9(6-20)12(11)8-4-5-10(19)14(18)13(8)17/h4-5,12H,3,21H2,1-2H3. The summed E-state index contributed by atoms with van der Waals surface area (Å²) in [4.78, 5) is 12.4. The summed E-state index contributed by atoms with van der Waals surface area (Å²) >= 11 is 5.07. The zero-order chi connectivity index (χ0) is 18.0. The molecule has 1 unspecified atom stereocenters. The largest absolute Gasteiger partial charge is 0.463 e. The fraction of sp³-hybridized carbons (Fsp3) is 0.250. The third-order valence-electron chi connectivity index (χ3n) is 3.48. The zero-order valence-electron chi connectivity index (χ0n) is 12.8. The van der Waals surface area contributed by atoms with E-state index in [1.807, 2.05) is 28.7 Å². The highest BCUT2D eigenvalue weighted by Crippen LogP contribution is 2.43. The first-order valence-electron chi connectivity index (χ1n) is 6.92. The molecule has 0 fully saturated rings. The molecule has 5 nitrogen and oxygen atoms in total. The van der Waals surface area contributed by atoms with Gasteiger partial charge >= 0.3 is 5.97 Å². The number of nitriles is 1. The number of carbonyl (C=O) groups is 1. The maximum atomic E-state index is 14.3. The zero-order valence-corrected chi connectivity index (χ0v) is 16.6. The van der Waals surface area contributed by atoms with Gasteiger partial charge in [0.1, 0.15) is 17.4 Å². The van der Waals surface area contributed by atoms with Crippen molar-refractivity contribution in [3.05, 3.63) is 54.3 Å². The Kier molecular flexibility index (Phi) is 5.87. The lowest BCUT2D eigenvalue weighted by molar-refractivity contribution is -0.139. The van der Waals surface area contributed by atoms with E-state index in [4.69, 9.17) is 15.2 Å². The number of ether oxygens (including phenoxy) is 2. The smallest absolute Gasteiger partial charge is 0.338 e. The number of allylic oxidation sites excluding steroid dienone is 2. The lowest BCUT2D eigenvalue weighted by atomic mass is 9.83. The Morgan fingerprint density at radius 2 is 2.25 bits per heavy atom. The first kappa shape index (κ1) is 18.7. The molecular formula is C16H13BrFIN2O3. The quantitative estimate of drug-likeness (QED) is 0.382. The molecule has 24 heavy (non-hydrogen) atoms. The van der Waals surface area contributed by atoms with E-state index in [9.17, 15) is 14.4 Å². The van der Waals surface area contributed by atoms with Crippen LogP contribution in [0, 0.1) is 20.7 Å². The van der Waals surface area contributed by atoms with Gasteiger partial charge in [0, 0.05) is 3.57 Å². The number of hydrogen-bond acceptors (Lipinski definition) is 5. The number of rotatable bonds is 3. The van der Waals surface area contributed by atoms with E-state index in [1.54, 1.807) is 26.0 Å². The lowest BCUT2D eigenvalue weighted by Gasteiger charge is -2.27. The molecule has 1 atom stereocenters. The molecule has 1 aliphatic heterocycles. The molecule has 1 aromatic carbocycles. The Hall–Kier alpha value is -1.60. The summed E-state index contributed by atoms with van der Waals surface area (Å²) in [5.74, 6) is -1.87. The molecular weight excluding hydrogens is 494 g/mol. The van der Waals surface area contributed by atoms with Crippen LogP contribution in [0.15, 0.2) is 39.4 Å². The van der Waals surface area contributed by atoms with Crippen molar-refractivity contribution in [2.24, 2.45) is 5.73 Å². The van der Waals surface area contributed by atoms with Crippen LogP contribution in [0.5, 0.6) is 0 Å². The van der Waals surface area contributed by atoms with Crippen molar-refractivity contribution in [2.75, 3.05) is 6.61 Å². The Balaban J connectivity index is 2.72. The number of nitrogens with zero attached hydrogens (tertiary/aromatic N) is 1. The van der Waals surface area contributed by atoms with Gasteiger partial charge in [-0.15, -0.1) is 0 Å². The third-order valence-corrected chi connectivity index (χ3v) is 5.12. The summed E-state index contributed by atoms with van der Waals surface area (Å²) in [6, 6.07) is 5.16. The molecule has 1 aromatic rings. The predicted molar refractivity (Wildman–Crippen MR) is 96.8 cm³/mol. The molecule has 8 heteroatoms. The number of hydrogen-bond donors (Lipinski definition) is 1. The van der Waals surface area contributed by atoms with Crippen molar-refractivity contribution < 1.29 is 18.7 Å². The highest BCUT2D eigenvalue weighted by atomic mass is 127. The van der Waals surface area contributed by atoms with Crippen molar-refractivity contribution in [3.8, 4) is 6.07 Å². The second-order valence-electron chi connectivity index (χ2n) is 4.88. The van der Waals surface area contributed by atoms with Gasteiger partial charge in [0.2, 0.25) is 5.88 Å². The van der Waals surface area contributed by atoms with E-state index in [-0.39, 0.29) is 33.9 Å². The molecule has 1 aliphatic rings. The van der Waals surface area contributed by atoms with Gasteiger partial charge in [-0.3, -0.25) is 0 Å². The van der Waals surface area contributed by atoms with E-state index < -0.39 is 17.7 Å². The van der Waals surface area contributed by atoms with Gasteiger partial charge in [-0.1, -0.05) is 6.07 Å². The molecule has 0 saturated heterocycles. The van der Waals surface area contributed by atoms with Crippen LogP contribution < -0.4 is 5.73 Å². The Bertz CT molecular complexity index is 814. The molecule has 1 heterocycles. The predicted octanol–water partition coefficient (Wildman–Crippen LogP) is 3.84. The number of halogens is 3. The van der Waals surface area contributed by atoms with Crippen molar-refractivity contribution in [2.45, 2.75) is 19.8 Å². The van der Waals surface area contributed by atoms with Crippen LogP contribution in [-0.4, -0.2) is 12.6 Å². The monoisotopic (exact) mass is 506 g/mol. The molecule has 0 aliphatic carbocycles. The molecule has 0 aromatic heterocycles. The minimum atomic E-state index is -0.872. The molecule has 0 amide bonds. The van der Waals surface area contributed by atoms with E-state index in [2.05, 4.69) is 15.9 Å². The van der Waals surface area contributed by atoms with Crippen LogP contribution in [-0.2, 0) is 14.3 Å². The average molecular weight is 507 g/mol. The number of nitrogens with two attached hydrogens (primary N) is 1. The van der Waals surface area contributed by atoms with Crippen LogP contribution in [0.2, 0.25) is 0 Å². The van der Waals surface area contributed by atoms with Gasteiger partial charge < -0.3 is 15.2 Å². The fourth-order valence-corrected chi connectivity index (χ4v) is 3.82. The Labute approximate surface area is 160 Å². The maximum Gasteiger partial charge on any atom is 0.338 e. The molecule has 0 spiro atoms. The van der Waals surface area contributed by atoms with E-state index >= 15 is 0 Å². The summed E-state index contributed by atoms with van der Waals surface area (Å²) in [6.07, 6.45) is 0. The first-order chi connectivity index (χ1) is 11.3. The van der Waals surface area contributed by atoms with E-state index in [0.29, 0.717) is 9.13 Å². The summed E-state index contributed by atoms with van der Waals surface area (Å²) in [5, 5.41) is 9.47. The SMILES string of the molecule is CCOC(=O)C1=C(C)OC(N)=C(C#N)C1c1ccc(I)c(F)c1Br. The van der Waals surface area contributed by atoms with E-state index in [1.165, 1.54) is 0 Å². The highest BCUT2D eigenvalue weighted by Gasteiger charge is 2.37. The van der Waals surface area contributed by atoms with Gasteiger partial charge in [-0.2, -0.15) is 5.26 Å². The van der Waals surface area contributed by atoms with Crippen LogP contribution in [0.1, 0.15) is 25.3 Å². The molecule has 0 bridgehead atoms. The van der Waals surface area contributed by atoms with Crippen molar-refractivity contribution in [1.82, 2.24) is 0 Å². The molecule has 0 radical (unpaired) electrons. The highest BCUT2D eigenvalue weighted by molar-refractivity contribution is 14.1. The number of carbonyl (C=O) groups excluding carboxylic acids is 1. The molecule has 0 saturated carbocycles. The molecule has 2 rings (SSSR count). The molecule has 126 valence electrons. The normalized spacial score (nSPS) is 17.4. The third kappa shape index (κ3) is 3.28. The van der Waals surface area contributed by atoms with Gasteiger partial charge in [0.25, 0.3) is 0 Å². The number of benzene rings is 1. The Morgan fingerprint density at radius 1 is 1.58 bits per heavy atom. The summed E-state index contributed by atoms with van der Waals surface area (Å²) in [6.45, 7) is 3.38. The van der Waals surface area contributed by atoms with Gasteiger partial charge in [0.15, 0.2) is 5.82 Å². The van der Waals surface area contributed by atoms with Gasteiger partial charge in [0.05, 0.1) is 22.6 Å². The van der Waals surface area contributed by atoms with Crippen molar-refractivity contribution in [1.29, 1.82) is 5.26 Å². The van der Waals surface area contributed by atoms with E-state index in [0.717, 1.165) is 0 Å². The van der Waals surface area contributed by atoms with Crippen LogP contribution in [0.25, 0.3) is 0 Å². The second-order valence-corrected chi connectivity index (χ2v) is 6.83. The van der Waals surface area contributed by atoms with Gasteiger partial charge in [-0.25, -0.2) is 9.18 Å². The second kappa shape index (κ2) is 7.53. The fourth-order valence-electron chi connectivity index (χ4n) is 2.43. The van der Waals surface area contributed by atoms with Gasteiger partial charge in [-0.05, 0) is 64.0 Å². The summed E-state index contributed by atoms with van der Waals surface area (Å²) in [7, 11) is 0.